The zero-order valence-electron chi connectivity index (χ0n) is 13.8. The summed E-state index contributed by atoms with van der Waals surface area (Å²) >= 11 is 1.86. The minimum atomic E-state index is 0.124. The molecule has 1 aliphatic heterocycles. The molecule has 1 saturated carbocycles. The minimum absolute atomic E-state index is 0.124. The van der Waals surface area contributed by atoms with E-state index >= 15 is 0 Å². The van der Waals surface area contributed by atoms with Crippen LogP contribution in [0.25, 0.3) is 10.4 Å². The molecule has 126 valence electrons. The molecule has 0 radical (unpaired) electrons. The highest BCUT2D eigenvalue weighted by atomic mass is 32.1. The van der Waals surface area contributed by atoms with Crippen molar-refractivity contribution in [3.63, 3.8) is 0 Å². The Balaban J connectivity index is 1.35. The molecule has 2 aromatic rings. The second-order valence-corrected chi connectivity index (χ2v) is 8.06. The number of benzene rings is 1. The molecular formula is C20H24N2OS. The van der Waals surface area contributed by atoms with Crippen molar-refractivity contribution < 1.29 is 4.79 Å². The minimum Gasteiger partial charge on any atom is -0.340 e. The molecule has 1 amide bonds. The van der Waals surface area contributed by atoms with Crippen molar-refractivity contribution in [1.29, 1.82) is 0 Å². The van der Waals surface area contributed by atoms with E-state index in [9.17, 15) is 4.79 Å². The lowest BCUT2D eigenvalue weighted by Crippen LogP contribution is -2.62. The molecule has 4 heteroatoms. The van der Waals surface area contributed by atoms with Crippen LogP contribution in [0, 0.1) is 5.92 Å². The van der Waals surface area contributed by atoms with Gasteiger partial charge >= 0.3 is 0 Å². The summed E-state index contributed by atoms with van der Waals surface area (Å²) in [4.78, 5) is 15.0. The van der Waals surface area contributed by atoms with E-state index in [-0.39, 0.29) is 18.0 Å². The van der Waals surface area contributed by atoms with E-state index in [0.29, 0.717) is 6.04 Å². The van der Waals surface area contributed by atoms with Crippen molar-refractivity contribution in [2.45, 2.75) is 50.7 Å². The summed E-state index contributed by atoms with van der Waals surface area (Å²) in [6, 6.07) is 15.3. The summed E-state index contributed by atoms with van der Waals surface area (Å²) in [6.45, 7) is 0. The standard InChI is InChI=1S/C20H24N2OS/c23-20-16-8-4-5-9-17(16)21-19(22-20)13-11-15-10-12-18(24-15)14-6-2-1-3-7-14/h1-3,6-7,10,12,16-17,19,21H,4-5,8-9,11,13H2,(H,22,23). The van der Waals surface area contributed by atoms with Gasteiger partial charge in [-0.3, -0.25) is 10.1 Å². The van der Waals surface area contributed by atoms with Gasteiger partial charge in [-0.1, -0.05) is 43.2 Å². The van der Waals surface area contributed by atoms with Crippen LogP contribution in [0.4, 0.5) is 0 Å². The zero-order chi connectivity index (χ0) is 16.4. The molecule has 2 fully saturated rings. The molecule has 1 aliphatic carbocycles. The fourth-order valence-corrected chi connectivity index (χ4v) is 4.96. The Morgan fingerprint density at radius 2 is 1.88 bits per heavy atom. The smallest absolute Gasteiger partial charge is 0.225 e. The maximum atomic E-state index is 12.3. The van der Waals surface area contributed by atoms with E-state index in [0.717, 1.165) is 25.7 Å². The maximum Gasteiger partial charge on any atom is 0.225 e. The third-order valence-electron chi connectivity index (χ3n) is 5.23. The molecule has 3 atom stereocenters. The molecule has 1 aromatic heterocycles. The number of aryl methyl sites for hydroxylation is 1. The van der Waals surface area contributed by atoms with Crippen LogP contribution in [0.2, 0.25) is 0 Å². The summed E-state index contributed by atoms with van der Waals surface area (Å²) < 4.78 is 0. The number of hydrogen-bond acceptors (Lipinski definition) is 3. The SMILES string of the molecule is O=C1NC(CCc2ccc(-c3ccccc3)s2)NC2CCCCC12. The highest BCUT2D eigenvalue weighted by Gasteiger charge is 2.36. The lowest BCUT2D eigenvalue weighted by molar-refractivity contribution is -0.130. The Morgan fingerprint density at radius 3 is 2.75 bits per heavy atom. The highest BCUT2D eigenvalue weighted by Crippen LogP contribution is 2.30. The first-order valence-electron chi connectivity index (χ1n) is 9.00. The highest BCUT2D eigenvalue weighted by molar-refractivity contribution is 7.15. The number of rotatable bonds is 4. The van der Waals surface area contributed by atoms with E-state index in [1.54, 1.807) is 0 Å². The summed E-state index contributed by atoms with van der Waals surface area (Å²) in [6.07, 6.45) is 6.72. The Hall–Kier alpha value is -1.65. The summed E-state index contributed by atoms with van der Waals surface area (Å²) in [5.74, 6) is 0.459. The van der Waals surface area contributed by atoms with Crippen LogP contribution in [0.3, 0.4) is 0 Å². The summed E-state index contributed by atoms with van der Waals surface area (Å²) in [7, 11) is 0. The number of carbonyl (C=O) groups excluding carboxylic acids is 1. The first-order valence-corrected chi connectivity index (χ1v) is 9.82. The third kappa shape index (κ3) is 3.40. The van der Waals surface area contributed by atoms with E-state index in [1.807, 2.05) is 17.4 Å². The van der Waals surface area contributed by atoms with Gasteiger partial charge in [-0.05, 0) is 43.4 Å². The van der Waals surface area contributed by atoms with E-state index in [1.165, 1.54) is 28.2 Å². The first-order chi connectivity index (χ1) is 11.8. The number of carbonyl (C=O) groups is 1. The van der Waals surface area contributed by atoms with Gasteiger partial charge in [-0.25, -0.2) is 0 Å². The molecule has 2 N–H and O–H groups in total. The summed E-state index contributed by atoms with van der Waals surface area (Å²) in [5, 5.41) is 6.85. The van der Waals surface area contributed by atoms with Crippen LogP contribution in [0.15, 0.2) is 42.5 Å². The lowest BCUT2D eigenvalue weighted by Gasteiger charge is -2.40. The molecular weight excluding hydrogens is 316 g/mol. The largest absolute Gasteiger partial charge is 0.340 e. The Morgan fingerprint density at radius 1 is 1.04 bits per heavy atom. The number of nitrogens with one attached hydrogen (secondary N) is 2. The van der Waals surface area contributed by atoms with Crippen LogP contribution >= 0.6 is 11.3 Å². The van der Waals surface area contributed by atoms with Crippen molar-refractivity contribution in [3.05, 3.63) is 47.3 Å². The Labute approximate surface area is 147 Å². The van der Waals surface area contributed by atoms with Crippen molar-refractivity contribution >= 4 is 17.2 Å². The van der Waals surface area contributed by atoms with Gasteiger partial charge < -0.3 is 5.32 Å². The van der Waals surface area contributed by atoms with Crippen molar-refractivity contribution in [2.24, 2.45) is 5.92 Å². The van der Waals surface area contributed by atoms with Crippen LogP contribution in [-0.2, 0) is 11.2 Å². The molecule has 24 heavy (non-hydrogen) atoms. The van der Waals surface area contributed by atoms with Gasteiger partial charge in [0, 0.05) is 15.8 Å². The molecule has 2 aliphatic rings. The predicted octanol–water partition coefficient (Wildman–Crippen LogP) is 3.95. The zero-order valence-corrected chi connectivity index (χ0v) is 14.6. The molecule has 4 rings (SSSR count). The van der Waals surface area contributed by atoms with E-state index in [4.69, 9.17) is 0 Å². The van der Waals surface area contributed by atoms with E-state index < -0.39 is 0 Å². The number of thiophene rings is 1. The normalized spacial score (nSPS) is 26.7. The molecule has 0 spiro atoms. The van der Waals surface area contributed by atoms with Gasteiger partial charge in [0.1, 0.15) is 0 Å². The van der Waals surface area contributed by atoms with Gasteiger partial charge in [-0.2, -0.15) is 0 Å². The summed E-state index contributed by atoms with van der Waals surface area (Å²) in [5.41, 5.74) is 1.28. The van der Waals surface area contributed by atoms with Crippen molar-refractivity contribution in [1.82, 2.24) is 10.6 Å². The monoisotopic (exact) mass is 340 g/mol. The van der Waals surface area contributed by atoms with Gasteiger partial charge in [0.2, 0.25) is 5.91 Å². The average Bonchev–Trinajstić information content (AvgIpc) is 3.10. The molecule has 0 bridgehead atoms. The number of fused-ring (bicyclic) bond motifs is 1. The molecule has 1 aromatic carbocycles. The van der Waals surface area contributed by atoms with Crippen LogP contribution in [0.5, 0.6) is 0 Å². The fourth-order valence-electron chi connectivity index (χ4n) is 3.93. The van der Waals surface area contributed by atoms with Crippen molar-refractivity contribution in [2.75, 3.05) is 0 Å². The van der Waals surface area contributed by atoms with Crippen LogP contribution in [0.1, 0.15) is 37.0 Å². The Bertz CT molecular complexity index is 697. The predicted molar refractivity (Wildman–Crippen MR) is 98.9 cm³/mol. The van der Waals surface area contributed by atoms with Gasteiger partial charge in [0.25, 0.3) is 0 Å². The number of hydrogen-bond donors (Lipinski definition) is 2. The van der Waals surface area contributed by atoms with Crippen LogP contribution in [-0.4, -0.2) is 18.1 Å². The van der Waals surface area contributed by atoms with Crippen LogP contribution < -0.4 is 10.6 Å². The second-order valence-electron chi connectivity index (χ2n) is 6.90. The van der Waals surface area contributed by atoms with Crippen molar-refractivity contribution in [3.8, 4) is 10.4 Å². The lowest BCUT2D eigenvalue weighted by atomic mass is 9.82. The van der Waals surface area contributed by atoms with Gasteiger partial charge in [0.15, 0.2) is 0 Å². The molecule has 3 unspecified atom stereocenters. The maximum absolute atomic E-state index is 12.3. The topological polar surface area (TPSA) is 41.1 Å². The number of amides is 1. The molecule has 2 heterocycles. The van der Waals surface area contributed by atoms with E-state index in [2.05, 4.69) is 47.0 Å². The fraction of sp³-hybridized carbons (Fsp3) is 0.450. The first kappa shape index (κ1) is 15.9. The molecule has 1 saturated heterocycles. The third-order valence-corrected chi connectivity index (χ3v) is 6.43. The Kier molecular flexibility index (Phi) is 4.67. The quantitative estimate of drug-likeness (QED) is 0.885. The van der Waals surface area contributed by atoms with Gasteiger partial charge in [0.05, 0.1) is 12.1 Å². The molecule has 3 nitrogen and oxygen atoms in total. The average molecular weight is 340 g/mol. The van der Waals surface area contributed by atoms with Gasteiger partial charge in [-0.15, -0.1) is 11.3 Å². The second kappa shape index (κ2) is 7.08.